The molecule has 0 bridgehead atoms. The first-order valence-corrected chi connectivity index (χ1v) is 13.0. The number of hydrogen-bond acceptors (Lipinski definition) is 6. The molecule has 0 radical (unpaired) electrons. The molecule has 3 N–H and O–H groups in total. The highest BCUT2D eigenvalue weighted by atomic mass is 32.2. The van der Waals surface area contributed by atoms with Crippen molar-refractivity contribution in [3.63, 3.8) is 0 Å². The summed E-state index contributed by atoms with van der Waals surface area (Å²) in [6, 6.07) is 9.12. The number of alkyl halides is 3. The number of carbonyl (C=O) groups is 2. The van der Waals surface area contributed by atoms with Gasteiger partial charge in [-0.15, -0.1) is 0 Å². The van der Waals surface area contributed by atoms with Crippen LogP contribution in [-0.2, 0) is 26.0 Å². The molecule has 3 aromatic rings. The van der Waals surface area contributed by atoms with Crippen molar-refractivity contribution < 1.29 is 45.4 Å². The second kappa shape index (κ2) is 11.1. The second-order valence-electron chi connectivity index (χ2n) is 8.47. The Balaban J connectivity index is 0.000000448. The van der Waals surface area contributed by atoms with Crippen LogP contribution < -0.4 is 5.32 Å². The number of carboxylic acids is 1. The van der Waals surface area contributed by atoms with E-state index in [4.69, 9.17) is 14.6 Å². The van der Waals surface area contributed by atoms with Gasteiger partial charge in [-0.3, -0.25) is 9.78 Å². The van der Waals surface area contributed by atoms with Crippen molar-refractivity contribution >= 4 is 21.9 Å². The smallest absolute Gasteiger partial charge is 0.475 e. The number of fused-ring (bicyclic) bond motifs is 1. The van der Waals surface area contributed by atoms with Crippen LogP contribution >= 0.6 is 0 Å². The van der Waals surface area contributed by atoms with Gasteiger partial charge in [-0.1, -0.05) is 0 Å². The largest absolute Gasteiger partial charge is 0.490 e. The summed E-state index contributed by atoms with van der Waals surface area (Å²) in [7, 11) is -3.79. The van der Waals surface area contributed by atoms with Gasteiger partial charge < -0.3 is 20.1 Å². The molecule has 0 saturated carbocycles. The topological polar surface area (TPSA) is 142 Å². The standard InChI is InChI=1S/C22H21FN4O4S.C2HF3O2/c23-18-12-15(32(29,30)27-7-9-31-10-8-27)1-2-16(18)21-11-14(3-5-24-21)20-13-17-19(26-20)4-6-25-22(17)28;3-2(4,5)1(6)7/h1-3,5,11-13,26H,4,6-10H2,(H,25,28);(H,6,7). The molecule has 1 saturated heterocycles. The summed E-state index contributed by atoms with van der Waals surface area (Å²) >= 11 is 0. The molecule has 0 unspecified atom stereocenters. The molecule has 4 heterocycles. The number of hydrogen-bond donors (Lipinski definition) is 3. The third-order valence-corrected chi connectivity index (χ3v) is 7.84. The summed E-state index contributed by atoms with van der Waals surface area (Å²) in [5, 5.41) is 9.93. The number of rotatable bonds is 4. The third-order valence-electron chi connectivity index (χ3n) is 5.94. The van der Waals surface area contributed by atoms with Gasteiger partial charge in [-0.25, -0.2) is 17.6 Å². The van der Waals surface area contributed by atoms with Crippen molar-refractivity contribution in [1.29, 1.82) is 0 Å². The highest BCUT2D eigenvalue weighted by molar-refractivity contribution is 7.89. The van der Waals surface area contributed by atoms with Crippen molar-refractivity contribution in [2.45, 2.75) is 17.5 Å². The number of aliphatic carboxylic acids is 1. The normalized spacial score (nSPS) is 16.1. The van der Waals surface area contributed by atoms with Gasteiger partial charge in [0.05, 0.1) is 29.4 Å². The van der Waals surface area contributed by atoms with Crippen LogP contribution in [0.3, 0.4) is 0 Å². The number of amides is 1. The molecule has 2 aliphatic heterocycles. The Morgan fingerprint density at radius 3 is 2.38 bits per heavy atom. The number of aromatic nitrogens is 2. The van der Waals surface area contributed by atoms with E-state index in [1.54, 1.807) is 24.4 Å². The van der Waals surface area contributed by atoms with Crippen molar-refractivity contribution in [2.24, 2.45) is 0 Å². The number of carboxylic acid groups (broad SMARTS) is 1. The van der Waals surface area contributed by atoms with Crippen LogP contribution in [0.5, 0.6) is 0 Å². The van der Waals surface area contributed by atoms with E-state index < -0.39 is 28.0 Å². The van der Waals surface area contributed by atoms with Gasteiger partial charge in [-0.05, 0) is 36.4 Å². The van der Waals surface area contributed by atoms with Gasteiger partial charge in [0, 0.05) is 54.8 Å². The number of nitrogens with zero attached hydrogens (tertiary/aromatic N) is 2. The van der Waals surface area contributed by atoms with E-state index in [9.17, 15) is 30.8 Å². The van der Waals surface area contributed by atoms with Gasteiger partial charge in [0.15, 0.2) is 0 Å². The average molecular weight is 571 g/mol. The summed E-state index contributed by atoms with van der Waals surface area (Å²) in [6.07, 6.45) is -2.81. The maximum absolute atomic E-state index is 15.0. The Bertz CT molecular complexity index is 1500. The van der Waals surface area contributed by atoms with Crippen molar-refractivity contribution in [1.82, 2.24) is 19.6 Å². The predicted molar refractivity (Wildman–Crippen MR) is 129 cm³/mol. The minimum atomic E-state index is -5.08. The molecule has 39 heavy (non-hydrogen) atoms. The van der Waals surface area contributed by atoms with Crippen LogP contribution in [0.25, 0.3) is 22.5 Å². The lowest BCUT2D eigenvalue weighted by molar-refractivity contribution is -0.192. The molecule has 1 fully saturated rings. The molecular weight excluding hydrogens is 548 g/mol. The number of carbonyl (C=O) groups excluding carboxylic acids is 1. The Hall–Kier alpha value is -3.82. The lowest BCUT2D eigenvalue weighted by atomic mass is 10.1. The molecule has 2 aromatic heterocycles. The number of aromatic amines is 1. The molecule has 5 rings (SSSR count). The highest BCUT2D eigenvalue weighted by Crippen LogP contribution is 2.30. The molecule has 0 spiro atoms. The summed E-state index contributed by atoms with van der Waals surface area (Å²) in [4.78, 5) is 28.4. The number of nitrogens with one attached hydrogen (secondary N) is 2. The highest BCUT2D eigenvalue weighted by Gasteiger charge is 2.38. The van der Waals surface area contributed by atoms with Gasteiger partial charge in [0.1, 0.15) is 5.82 Å². The fraction of sp³-hybridized carbons (Fsp3) is 0.292. The third kappa shape index (κ3) is 6.26. The number of ether oxygens (including phenoxy) is 1. The number of morpholine rings is 1. The predicted octanol–water partition coefficient (Wildman–Crippen LogP) is 2.82. The number of benzene rings is 1. The number of halogens is 4. The first-order valence-electron chi connectivity index (χ1n) is 11.5. The summed E-state index contributed by atoms with van der Waals surface area (Å²) in [6.45, 7) is 1.71. The molecular formula is C24H22F4N4O6S. The minimum Gasteiger partial charge on any atom is -0.475 e. The fourth-order valence-electron chi connectivity index (χ4n) is 3.99. The quantitative estimate of drug-likeness (QED) is 0.410. The van der Waals surface area contributed by atoms with E-state index in [1.165, 1.54) is 16.4 Å². The molecule has 10 nitrogen and oxygen atoms in total. The van der Waals surface area contributed by atoms with Crippen LogP contribution in [-0.4, -0.2) is 78.7 Å². The molecule has 0 atom stereocenters. The summed E-state index contributed by atoms with van der Waals surface area (Å²) in [5.74, 6) is -3.55. The van der Waals surface area contributed by atoms with E-state index in [1.807, 2.05) is 0 Å². The van der Waals surface area contributed by atoms with Crippen molar-refractivity contribution in [2.75, 3.05) is 32.8 Å². The minimum absolute atomic E-state index is 0.0974. The van der Waals surface area contributed by atoms with Crippen LogP contribution in [0.2, 0.25) is 0 Å². The zero-order valence-electron chi connectivity index (χ0n) is 20.1. The lowest BCUT2D eigenvalue weighted by Crippen LogP contribution is -2.40. The Labute approximate surface area is 219 Å². The maximum atomic E-state index is 15.0. The molecule has 15 heteroatoms. The number of sulfonamides is 1. The Morgan fingerprint density at radius 1 is 1.08 bits per heavy atom. The molecule has 208 valence electrons. The number of pyridine rings is 1. The summed E-state index contributed by atoms with van der Waals surface area (Å²) < 4.78 is 78.8. The second-order valence-corrected chi connectivity index (χ2v) is 10.4. The molecule has 0 aliphatic carbocycles. The zero-order valence-corrected chi connectivity index (χ0v) is 20.9. The van der Waals surface area contributed by atoms with Gasteiger partial charge in [0.25, 0.3) is 5.91 Å². The zero-order chi connectivity index (χ0) is 28.4. The van der Waals surface area contributed by atoms with E-state index in [2.05, 4.69) is 15.3 Å². The molecule has 2 aliphatic rings. The van der Waals surface area contributed by atoms with Gasteiger partial charge in [0.2, 0.25) is 10.0 Å². The van der Waals surface area contributed by atoms with E-state index in [0.29, 0.717) is 37.4 Å². The van der Waals surface area contributed by atoms with Crippen LogP contribution in [0.15, 0.2) is 47.5 Å². The van der Waals surface area contributed by atoms with Crippen molar-refractivity contribution in [3.05, 3.63) is 59.7 Å². The van der Waals surface area contributed by atoms with E-state index in [-0.39, 0.29) is 29.5 Å². The SMILES string of the molecule is O=C(O)C(F)(F)F.O=C1NCCc2[nH]c(-c3ccnc(-c4ccc(S(=O)(=O)N5CCOCC5)cc4F)c3)cc21. The average Bonchev–Trinajstić information content (AvgIpc) is 3.35. The lowest BCUT2D eigenvalue weighted by Gasteiger charge is -2.26. The van der Waals surface area contributed by atoms with Crippen molar-refractivity contribution in [3.8, 4) is 22.5 Å². The fourth-order valence-corrected chi connectivity index (χ4v) is 5.41. The van der Waals surface area contributed by atoms with Crippen LogP contribution in [0.4, 0.5) is 17.6 Å². The van der Waals surface area contributed by atoms with E-state index in [0.717, 1.165) is 23.0 Å². The van der Waals surface area contributed by atoms with Gasteiger partial charge in [-0.2, -0.15) is 17.5 Å². The van der Waals surface area contributed by atoms with Crippen LogP contribution in [0.1, 0.15) is 16.1 Å². The monoisotopic (exact) mass is 570 g/mol. The summed E-state index contributed by atoms with van der Waals surface area (Å²) in [5.41, 5.74) is 3.53. The molecule has 1 aromatic carbocycles. The Kier molecular flexibility index (Phi) is 8.04. The maximum Gasteiger partial charge on any atom is 0.490 e. The Morgan fingerprint density at radius 2 is 1.77 bits per heavy atom. The number of H-pyrrole nitrogens is 1. The van der Waals surface area contributed by atoms with E-state index >= 15 is 0 Å². The first-order chi connectivity index (χ1) is 18.4. The first kappa shape index (κ1) is 28.2. The van der Waals surface area contributed by atoms with Gasteiger partial charge >= 0.3 is 12.1 Å². The van der Waals surface area contributed by atoms with Crippen LogP contribution in [0, 0.1) is 5.82 Å². The molecule has 1 amide bonds.